The Labute approximate surface area is 187 Å². The van der Waals surface area contributed by atoms with E-state index in [1.165, 1.54) is 10.8 Å². The Hall–Kier alpha value is -3.57. The molecule has 0 aliphatic heterocycles. The van der Waals surface area contributed by atoms with E-state index in [-0.39, 0.29) is 12.4 Å². The molecule has 172 valence electrons. The third-order valence-corrected chi connectivity index (χ3v) is 4.98. The molecule has 0 saturated heterocycles. The summed E-state index contributed by atoms with van der Waals surface area (Å²) >= 11 is 0. The van der Waals surface area contributed by atoms with Gasteiger partial charge in [-0.3, -0.25) is 5.73 Å². The zero-order chi connectivity index (χ0) is 23.4. The summed E-state index contributed by atoms with van der Waals surface area (Å²) in [5.41, 5.74) is 8.84. The molecule has 12 nitrogen and oxygen atoms in total. The van der Waals surface area contributed by atoms with Crippen LogP contribution in [0.1, 0.15) is 22.7 Å². The number of nitrogen functional groups attached to an aromatic ring is 1. The minimum Gasteiger partial charge on any atom is -0.471 e. The number of anilines is 1. The number of hydrogen-bond donors (Lipinski definition) is 3. The van der Waals surface area contributed by atoms with Crippen molar-refractivity contribution in [3.8, 4) is 17.2 Å². The van der Waals surface area contributed by atoms with Crippen molar-refractivity contribution in [3.05, 3.63) is 71.5 Å². The van der Waals surface area contributed by atoms with Gasteiger partial charge in [-0.2, -0.15) is 0 Å². The molecule has 4 N–H and O–H groups in total. The molecule has 0 unspecified atom stereocenters. The highest BCUT2D eigenvalue weighted by Crippen LogP contribution is 2.35. The van der Waals surface area contributed by atoms with Crippen LogP contribution in [0.15, 0.2) is 57.8 Å². The number of nitrogens with two attached hydrogens (primary N) is 1. The molecule has 4 heterocycles. The van der Waals surface area contributed by atoms with Crippen LogP contribution in [0.4, 0.5) is 5.82 Å². The lowest BCUT2D eigenvalue weighted by molar-refractivity contribution is -0.711. The summed E-state index contributed by atoms with van der Waals surface area (Å²) in [7, 11) is -4.63. The third kappa shape index (κ3) is 6.02. The predicted octanol–water partition coefficient (Wildman–Crippen LogP) is 2.14. The van der Waals surface area contributed by atoms with Gasteiger partial charge >= 0.3 is 7.82 Å². The topological polar surface area (TPSA) is 171 Å². The zero-order valence-corrected chi connectivity index (χ0v) is 18.4. The Balaban J connectivity index is 1.40. The van der Waals surface area contributed by atoms with Gasteiger partial charge in [0.15, 0.2) is 5.76 Å². The summed E-state index contributed by atoms with van der Waals surface area (Å²) in [5, 5.41) is 7.94. The molecule has 0 fully saturated rings. The first kappa shape index (κ1) is 22.6. The molecule has 4 aromatic rings. The number of hydrogen-bond acceptors (Lipinski definition) is 9. The number of phosphoric ester groups is 1. The first-order valence-corrected chi connectivity index (χ1v) is 11.2. The molecule has 0 bridgehead atoms. The largest absolute Gasteiger partial charge is 0.472 e. The van der Waals surface area contributed by atoms with E-state index in [0.717, 1.165) is 5.56 Å². The van der Waals surface area contributed by atoms with Crippen LogP contribution in [0.5, 0.6) is 5.88 Å². The van der Waals surface area contributed by atoms with Crippen molar-refractivity contribution in [2.45, 2.75) is 26.7 Å². The second-order valence-electron chi connectivity index (χ2n) is 7.11. The van der Waals surface area contributed by atoms with E-state index in [1.54, 1.807) is 36.5 Å². The Kier molecular flexibility index (Phi) is 6.52. The SMILES string of the molecule is Cc1cc(COc2ccc(Cc3cc(-c4ccc[n+](COP(=O)(O)O)c4N)on3)cn2)no1. The van der Waals surface area contributed by atoms with E-state index in [0.29, 0.717) is 40.8 Å². The Morgan fingerprint density at radius 1 is 1.15 bits per heavy atom. The molecule has 0 aliphatic rings. The van der Waals surface area contributed by atoms with E-state index >= 15 is 0 Å². The number of pyridine rings is 2. The summed E-state index contributed by atoms with van der Waals surface area (Å²) in [5.74, 6) is 1.78. The lowest BCUT2D eigenvalue weighted by Crippen LogP contribution is -2.38. The summed E-state index contributed by atoms with van der Waals surface area (Å²) in [6.45, 7) is 1.65. The van der Waals surface area contributed by atoms with E-state index in [1.807, 2.05) is 13.0 Å². The number of phosphoric acid groups is 1. The van der Waals surface area contributed by atoms with Crippen LogP contribution in [-0.4, -0.2) is 25.1 Å². The monoisotopic (exact) mass is 474 g/mol. The van der Waals surface area contributed by atoms with Gasteiger partial charge in [-0.05, 0) is 24.6 Å². The van der Waals surface area contributed by atoms with Crippen LogP contribution >= 0.6 is 7.82 Å². The average Bonchev–Trinajstić information content (AvgIpc) is 3.41. The molecule has 0 saturated carbocycles. The van der Waals surface area contributed by atoms with Gasteiger partial charge in [-0.25, -0.2) is 18.6 Å². The minimum absolute atomic E-state index is 0.208. The first-order valence-electron chi connectivity index (χ1n) is 9.71. The Morgan fingerprint density at radius 3 is 2.67 bits per heavy atom. The number of ether oxygens (including phenoxy) is 1. The van der Waals surface area contributed by atoms with Crippen molar-refractivity contribution in [2.24, 2.45) is 0 Å². The van der Waals surface area contributed by atoms with Crippen LogP contribution in [0.25, 0.3) is 11.3 Å². The van der Waals surface area contributed by atoms with Gasteiger partial charge in [0.2, 0.25) is 12.6 Å². The van der Waals surface area contributed by atoms with E-state index in [4.69, 9.17) is 29.3 Å². The second kappa shape index (κ2) is 9.51. The second-order valence-corrected chi connectivity index (χ2v) is 8.35. The van der Waals surface area contributed by atoms with Gasteiger partial charge in [-0.15, -0.1) is 0 Å². The summed E-state index contributed by atoms with van der Waals surface area (Å²) in [6.07, 6.45) is 3.68. The van der Waals surface area contributed by atoms with E-state index in [9.17, 15) is 4.57 Å². The molecule has 0 amide bonds. The number of aromatic nitrogens is 4. The van der Waals surface area contributed by atoms with Gasteiger partial charge in [0, 0.05) is 30.8 Å². The highest BCUT2D eigenvalue weighted by molar-refractivity contribution is 7.46. The standard InChI is InChI=1S/C20H20N5O7P/c1-13-7-16(24-31-13)11-29-19-5-4-14(10-22-19)8-15-9-18(32-23-15)17-3-2-6-25(20(17)21)12-30-33(26,27)28/h2-7,9-10,21H,8,11-12H2,1H3,(H2,26,27,28)/p+1. The van der Waals surface area contributed by atoms with Crippen LogP contribution in [-0.2, 0) is 28.8 Å². The fourth-order valence-corrected chi connectivity index (χ4v) is 3.26. The highest BCUT2D eigenvalue weighted by Gasteiger charge is 2.20. The minimum atomic E-state index is -4.63. The molecule has 13 heteroatoms. The summed E-state index contributed by atoms with van der Waals surface area (Å²) < 4.78 is 32.8. The van der Waals surface area contributed by atoms with Gasteiger partial charge in [0.1, 0.15) is 23.6 Å². The van der Waals surface area contributed by atoms with Crippen molar-refractivity contribution in [3.63, 3.8) is 0 Å². The molecule has 0 aromatic carbocycles. The fraction of sp³-hybridized carbons (Fsp3) is 0.200. The van der Waals surface area contributed by atoms with Crippen LogP contribution in [0.2, 0.25) is 0 Å². The average molecular weight is 474 g/mol. The third-order valence-electron chi connectivity index (χ3n) is 4.53. The fourth-order valence-electron chi connectivity index (χ4n) is 2.99. The molecule has 4 aromatic heterocycles. The Morgan fingerprint density at radius 2 is 1.97 bits per heavy atom. The van der Waals surface area contributed by atoms with Gasteiger partial charge in [0.25, 0.3) is 5.82 Å². The molecule has 0 radical (unpaired) electrons. The van der Waals surface area contributed by atoms with Gasteiger partial charge < -0.3 is 23.6 Å². The zero-order valence-electron chi connectivity index (χ0n) is 17.5. The van der Waals surface area contributed by atoms with Gasteiger partial charge in [0.05, 0.1) is 11.9 Å². The quantitative estimate of drug-likeness (QED) is 0.240. The van der Waals surface area contributed by atoms with Crippen molar-refractivity contribution >= 4 is 13.6 Å². The van der Waals surface area contributed by atoms with Crippen molar-refractivity contribution in [2.75, 3.05) is 5.73 Å². The van der Waals surface area contributed by atoms with Crippen LogP contribution in [0.3, 0.4) is 0 Å². The van der Waals surface area contributed by atoms with E-state index < -0.39 is 14.6 Å². The molecule has 33 heavy (non-hydrogen) atoms. The summed E-state index contributed by atoms with van der Waals surface area (Å²) in [6, 6.07) is 10.5. The van der Waals surface area contributed by atoms with Crippen molar-refractivity contribution in [1.82, 2.24) is 15.3 Å². The van der Waals surface area contributed by atoms with Gasteiger partial charge in [-0.1, -0.05) is 16.4 Å². The van der Waals surface area contributed by atoms with Crippen LogP contribution in [0, 0.1) is 6.92 Å². The normalized spacial score (nSPS) is 11.6. The predicted molar refractivity (Wildman–Crippen MR) is 112 cm³/mol. The van der Waals surface area contributed by atoms with Crippen molar-refractivity contribution < 1.29 is 37.2 Å². The Bertz CT molecular complexity index is 1280. The smallest absolute Gasteiger partial charge is 0.471 e. The molecular formula is C20H21N5O7P+. The molecule has 0 aliphatic carbocycles. The maximum atomic E-state index is 10.9. The maximum Gasteiger partial charge on any atom is 0.472 e. The highest BCUT2D eigenvalue weighted by atomic mass is 31.2. The maximum absolute atomic E-state index is 10.9. The molecule has 0 atom stereocenters. The lowest BCUT2D eigenvalue weighted by atomic mass is 10.1. The number of aryl methyl sites for hydroxylation is 1. The van der Waals surface area contributed by atoms with E-state index in [2.05, 4.69) is 19.8 Å². The molecular weight excluding hydrogens is 453 g/mol. The summed E-state index contributed by atoms with van der Waals surface area (Å²) in [4.78, 5) is 22.1. The molecule has 4 rings (SSSR count). The number of rotatable bonds is 9. The first-order chi connectivity index (χ1) is 15.8. The van der Waals surface area contributed by atoms with Crippen LogP contribution < -0.4 is 15.0 Å². The van der Waals surface area contributed by atoms with Crippen molar-refractivity contribution in [1.29, 1.82) is 0 Å². The number of nitrogens with zero attached hydrogens (tertiary/aromatic N) is 4. The lowest BCUT2D eigenvalue weighted by Gasteiger charge is -2.07. The molecule has 0 spiro atoms.